The summed E-state index contributed by atoms with van der Waals surface area (Å²) in [6.07, 6.45) is 2.86. The molecule has 8 heteroatoms. The predicted molar refractivity (Wildman–Crippen MR) is 97.4 cm³/mol. The van der Waals surface area contributed by atoms with Crippen molar-refractivity contribution in [3.05, 3.63) is 51.8 Å². The molecular weight excluding hydrogens is 334 g/mol. The van der Waals surface area contributed by atoms with Gasteiger partial charge in [0.15, 0.2) is 5.82 Å². The lowest BCUT2D eigenvalue weighted by Crippen LogP contribution is -2.44. The van der Waals surface area contributed by atoms with Crippen LogP contribution in [0.25, 0.3) is 0 Å². The van der Waals surface area contributed by atoms with Gasteiger partial charge in [0.05, 0.1) is 13.2 Å². The third kappa shape index (κ3) is 3.32. The highest BCUT2D eigenvalue weighted by molar-refractivity contribution is 5.94. The Morgan fingerprint density at radius 3 is 2.73 bits per heavy atom. The molecule has 1 unspecified atom stereocenters. The Labute approximate surface area is 152 Å². The average molecular weight is 357 g/mol. The molecule has 138 valence electrons. The molecule has 0 N–H and O–H groups in total. The standard InChI is InChI=1S/C18H23N5O3/c1-12-5-6-13(17(24)22(12)4)18(25)23-9-10-26-14(11-23)15-16(21(2)3)20-8-7-19-15/h5-8,14H,9-11H2,1-4H3. The molecular formula is C18H23N5O3. The summed E-state index contributed by atoms with van der Waals surface area (Å²) in [6.45, 7) is 2.97. The molecule has 0 saturated carbocycles. The molecule has 1 aliphatic heterocycles. The Kier molecular flexibility index (Phi) is 5.03. The lowest BCUT2D eigenvalue weighted by atomic mass is 10.1. The maximum atomic E-state index is 12.9. The fourth-order valence-corrected chi connectivity index (χ4v) is 2.97. The monoisotopic (exact) mass is 357 g/mol. The van der Waals surface area contributed by atoms with Crippen LogP contribution >= 0.6 is 0 Å². The molecule has 8 nitrogen and oxygen atoms in total. The molecule has 1 atom stereocenters. The molecule has 1 saturated heterocycles. The number of aryl methyl sites for hydroxylation is 1. The highest BCUT2D eigenvalue weighted by Gasteiger charge is 2.30. The van der Waals surface area contributed by atoms with Crippen molar-refractivity contribution in [1.82, 2.24) is 19.4 Å². The van der Waals surface area contributed by atoms with E-state index in [1.54, 1.807) is 36.5 Å². The smallest absolute Gasteiger partial charge is 0.263 e. The second-order valence-electron chi connectivity index (χ2n) is 6.52. The maximum absolute atomic E-state index is 12.9. The van der Waals surface area contributed by atoms with Crippen LogP contribution in [0.4, 0.5) is 5.82 Å². The summed E-state index contributed by atoms with van der Waals surface area (Å²) in [7, 11) is 5.43. The number of nitrogens with zero attached hydrogens (tertiary/aromatic N) is 5. The van der Waals surface area contributed by atoms with E-state index in [0.717, 1.165) is 5.69 Å². The minimum absolute atomic E-state index is 0.172. The molecule has 2 aromatic heterocycles. The van der Waals surface area contributed by atoms with Gasteiger partial charge in [-0.05, 0) is 19.1 Å². The van der Waals surface area contributed by atoms with Crippen LogP contribution in [0.2, 0.25) is 0 Å². The number of pyridine rings is 1. The number of carbonyl (C=O) groups is 1. The van der Waals surface area contributed by atoms with Gasteiger partial charge in [-0.25, -0.2) is 4.98 Å². The van der Waals surface area contributed by atoms with Crippen LogP contribution in [-0.4, -0.2) is 59.1 Å². The van der Waals surface area contributed by atoms with Crippen molar-refractivity contribution in [1.29, 1.82) is 0 Å². The largest absolute Gasteiger partial charge is 0.368 e. The van der Waals surface area contributed by atoms with E-state index in [1.807, 2.05) is 25.9 Å². The summed E-state index contributed by atoms with van der Waals surface area (Å²) >= 11 is 0. The zero-order valence-corrected chi connectivity index (χ0v) is 15.5. The third-order valence-electron chi connectivity index (χ3n) is 4.57. The van der Waals surface area contributed by atoms with Gasteiger partial charge in [0.1, 0.15) is 17.4 Å². The number of hydrogen-bond donors (Lipinski definition) is 0. The van der Waals surface area contributed by atoms with Crippen molar-refractivity contribution in [2.24, 2.45) is 7.05 Å². The molecule has 3 rings (SSSR count). The molecule has 0 spiro atoms. The summed E-state index contributed by atoms with van der Waals surface area (Å²) in [5.41, 5.74) is 1.38. The van der Waals surface area contributed by atoms with Crippen LogP contribution in [0.1, 0.15) is 27.8 Å². The second-order valence-corrected chi connectivity index (χ2v) is 6.52. The molecule has 1 amide bonds. The Balaban J connectivity index is 1.87. The van der Waals surface area contributed by atoms with E-state index in [2.05, 4.69) is 9.97 Å². The first-order valence-electron chi connectivity index (χ1n) is 8.46. The quantitative estimate of drug-likeness (QED) is 0.807. The van der Waals surface area contributed by atoms with Crippen LogP contribution in [0.15, 0.2) is 29.3 Å². The van der Waals surface area contributed by atoms with Gasteiger partial charge in [0, 0.05) is 45.8 Å². The van der Waals surface area contributed by atoms with Gasteiger partial charge in [0.2, 0.25) is 0 Å². The number of carbonyl (C=O) groups excluding carboxylic acids is 1. The Morgan fingerprint density at radius 1 is 1.27 bits per heavy atom. The summed E-state index contributed by atoms with van der Waals surface area (Å²) in [6, 6.07) is 3.37. The summed E-state index contributed by atoms with van der Waals surface area (Å²) < 4.78 is 7.32. The number of morpholine rings is 1. The first kappa shape index (κ1) is 18.1. The zero-order valence-electron chi connectivity index (χ0n) is 15.5. The fraction of sp³-hybridized carbons (Fsp3) is 0.444. The van der Waals surface area contributed by atoms with E-state index in [9.17, 15) is 9.59 Å². The van der Waals surface area contributed by atoms with Gasteiger partial charge in [-0.2, -0.15) is 0 Å². The minimum atomic E-state index is -0.381. The minimum Gasteiger partial charge on any atom is -0.368 e. The van der Waals surface area contributed by atoms with Crippen molar-refractivity contribution in [2.75, 3.05) is 38.7 Å². The number of hydrogen-bond acceptors (Lipinski definition) is 6. The van der Waals surface area contributed by atoms with E-state index in [-0.39, 0.29) is 23.1 Å². The highest BCUT2D eigenvalue weighted by atomic mass is 16.5. The van der Waals surface area contributed by atoms with E-state index in [4.69, 9.17) is 4.74 Å². The van der Waals surface area contributed by atoms with Gasteiger partial charge in [-0.1, -0.05) is 0 Å². The molecule has 26 heavy (non-hydrogen) atoms. The zero-order chi connectivity index (χ0) is 18.8. The molecule has 0 bridgehead atoms. The third-order valence-corrected chi connectivity index (χ3v) is 4.57. The first-order valence-corrected chi connectivity index (χ1v) is 8.46. The molecule has 0 aliphatic carbocycles. The van der Waals surface area contributed by atoms with Crippen molar-refractivity contribution >= 4 is 11.7 Å². The first-order chi connectivity index (χ1) is 12.4. The SMILES string of the molecule is Cc1ccc(C(=O)N2CCOC(c3nccnc3N(C)C)C2)c(=O)n1C. The van der Waals surface area contributed by atoms with Crippen molar-refractivity contribution in [3.8, 4) is 0 Å². The summed E-state index contributed by atoms with van der Waals surface area (Å²) in [5, 5.41) is 0. The maximum Gasteiger partial charge on any atom is 0.263 e. The van der Waals surface area contributed by atoms with Crippen LogP contribution in [0, 0.1) is 6.92 Å². The molecule has 0 radical (unpaired) electrons. The fourth-order valence-electron chi connectivity index (χ4n) is 2.97. The molecule has 1 aliphatic rings. The number of ether oxygens (including phenoxy) is 1. The van der Waals surface area contributed by atoms with Crippen LogP contribution in [0.5, 0.6) is 0 Å². The number of amides is 1. The molecule has 1 fully saturated rings. The number of aromatic nitrogens is 3. The lowest BCUT2D eigenvalue weighted by molar-refractivity contribution is -0.0247. The van der Waals surface area contributed by atoms with Gasteiger partial charge in [-0.15, -0.1) is 0 Å². The average Bonchev–Trinajstić information content (AvgIpc) is 2.66. The van der Waals surface area contributed by atoms with Gasteiger partial charge >= 0.3 is 0 Å². The molecule has 0 aromatic carbocycles. The van der Waals surface area contributed by atoms with Crippen molar-refractivity contribution < 1.29 is 9.53 Å². The highest BCUT2D eigenvalue weighted by Crippen LogP contribution is 2.27. The Hall–Kier alpha value is -2.74. The van der Waals surface area contributed by atoms with E-state index in [1.165, 1.54) is 4.57 Å². The van der Waals surface area contributed by atoms with E-state index < -0.39 is 0 Å². The van der Waals surface area contributed by atoms with E-state index in [0.29, 0.717) is 31.2 Å². The number of rotatable bonds is 3. The normalized spacial score (nSPS) is 17.2. The van der Waals surface area contributed by atoms with Crippen LogP contribution in [0.3, 0.4) is 0 Å². The second kappa shape index (κ2) is 7.25. The summed E-state index contributed by atoms with van der Waals surface area (Å²) in [5.74, 6) is 0.423. The summed E-state index contributed by atoms with van der Waals surface area (Å²) in [4.78, 5) is 37.6. The Morgan fingerprint density at radius 2 is 2.00 bits per heavy atom. The molecule has 3 heterocycles. The van der Waals surface area contributed by atoms with Crippen molar-refractivity contribution in [3.63, 3.8) is 0 Å². The van der Waals surface area contributed by atoms with Gasteiger partial charge < -0.3 is 19.1 Å². The topological polar surface area (TPSA) is 80.6 Å². The Bertz CT molecular complexity index is 877. The molecule has 2 aromatic rings. The van der Waals surface area contributed by atoms with Gasteiger partial charge in [0.25, 0.3) is 11.5 Å². The predicted octanol–water partition coefficient (Wildman–Crippen LogP) is 0.763. The van der Waals surface area contributed by atoms with E-state index >= 15 is 0 Å². The van der Waals surface area contributed by atoms with Crippen LogP contribution < -0.4 is 10.5 Å². The number of anilines is 1. The lowest BCUT2D eigenvalue weighted by Gasteiger charge is -2.33. The van der Waals surface area contributed by atoms with Crippen molar-refractivity contribution in [2.45, 2.75) is 13.0 Å². The van der Waals surface area contributed by atoms with Crippen LogP contribution in [-0.2, 0) is 11.8 Å². The van der Waals surface area contributed by atoms with Gasteiger partial charge in [-0.3, -0.25) is 14.6 Å².